The molecule has 1 aromatic carbocycles. The topological polar surface area (TPSA) is 122 Å². The second-order valence-electron chi connectivity index (χ2n) is 11.7. The summed E-state index contributed by atoms with van der Waals surface area (Å²) < 4.78 is 14.4. The van der Waals surface area contributed by atoms with Gasteiger partial charge in [0.25, 0.3) is 11.8 Å². The van der Waals surface area contributed by atoms with Crippen molar-refractivity contribution in [2.45, 2.75) is 95.4 Å². The number of nitrogens with one attached hydrogen (secondary N) is 1. The molecule has 0 spiro atoms. The Hall–Kier alpha value is -3.58. The zero-order valence-electron chi connectivity index (χ0n) is 23.0. The molecule has 1 saturated heterocycles. The van der Waals surface area contributed by atoms with E-state index in [2.05, 4.69) is 36.1 Å². The SMILES string of the molecule is CC(C)(C)c1ccc(N(C(=O)[C@H]2C[C@@H](O)CN2C#N)C(C)(C(=O)NC2CCCCC2)c2cncc(F)n2)cc1. The van der Waals surface area contributed by atoms with Gasteiger partial charge in [-0.1, -0.05) is 52.2 Å². The van der Waals surface area contributed by atoms with Crippen LogP contribution < -0.4 is 10.2 Å². The van der Waals surface area contributed by atoms with Gasteiger partial charge in [-0.05, 0) is 42.9 Å². The number of aliphatic hydroxyl groups is 1. The zero-order valence-corrected chi connectivity index (χ0v) is 23.0. The van der Waals surface area contributed by atoms with E-state index in [4.69, 9.17) is 0 Å². The maximum atomic E-state index is 14.4. The van der Waals surface area contributed by atoms with Crippen LogP contribution >= 0.6 is 0 Å². The molecule has 1 saturated carbocycles. The molecule has 0 radical (unpaired) electrons. The Morgan fingerprint density at radius 1 is 1.13 bits per heavy atom. The van der Waals surface area contributed by atoms with Crippen molar-refractivity contribution < 1.29 is 19.1 Å². The van der Waals surface area contributed by atoms with Gasteiger partial charge in [-0.25, -0.2) is 4.98 Å². The number of anilines is 1. The van der Waals surface area contributed by atoms with E-state index in [-0.39, 0.29) is 30.1 Å². The number of aromatic nitrogens is 2. The minimum atomic E-state index is -1.80. The summed E-state index contributed by atoms with van der Waals surface area (Å²) in [5.74, 6) is -1.96. The number of nitrogens with zero attached hydrogens (tertiary/aromatic N) is 5. The summed E-state index contributed by atoms with van der Waals surface area (Å²) in [4.78, 5) is 39.0. The second kappa shape index (κ2) is 11.3. The van der Waals surface area contributed by atoms with Crippen LogP contribution in [0.15, 0.2) is 36.7 Å². The van der Waals surface area contributed by atoms with Crippen LogP contribution in [0.4, 0.5) is 10.1 Å². The smallest absolute Gasteiger partial charge is 0.252 e. The first-order valence-corrected chi connectivity index (χ1v) is 13.5. The van der Waals surface area contributed by atoms with E-state index in [1.807, 2.05) is 18.3 Å². The summed E-state index contributed by atoms with van der Waals surface area (Å²) in [6.45, 7) is 7.75. The van der Waals surface area contributed by atoms with Gasteiger partial charge in [0.15, 0.2) is 11.7 Å². The molecule has 2 heterocycles. The predicted octanol–water partition coefficient (Wildman–Crippen LogP) is 3.53. The van der Waals surface area contributed by atoms with Crippen LogP contribution in [0.1, 0.15) is 77.5 Å². The summed E-state index contributed by atoms with van der Waals surface area (Å²) in [5.41, 5.74) is -0.587. The highest BCUT2D eigenvalue weighted by atomic mass is 19.1. The molecule has 2 aliphatic rings. The lowest BCUT2D eigenvalue weighted by Gasteiger charge is -2.42. The Kier molecular flexibility index (Phi) is 8.21. The lowest BCUT2D eigenvalue weighted by Crippen LogP contribution is -2.61. The molecule has 10 heteroatoms. The van der Waals surface area contributed by atoms with E-state index in [1.165, 1.54) is 22.9 Å². The molecule has 2 N–H and O–H groups in total. The molecule has 2 aromatic rings. The molecular formula is C29H37FN6O3. The van der Waals surface area contributed by atoms with Crippen molar-refractivity contribution in [2.24, 2.45) is 0 Å². The van der Waals surface area contributed by atoms with Gasteiger partial charge in [-0.15, -0.1) is 0 Å². The number of β-amino-alcohol motifs (C(OH)–C–C–N with tert-alkyl or cyclic N) is 1. The van der Waals surface area contributed by atoms with Crippen LogP contribution in [0.25, 0.3) is 0 Å². The van der Waals surface area contributed by atoms with Crippen LogP contribution in [0.5, 0.6) is 0 Å². The van der Waals surface area contributed by atoms with Gasteiger partial charge in [-0.2, -0.15) is 9.65 Å². The van der Waals surface area contributed by atoms with Crippen molar-refractivity contribution in [3.8, 4) is 6.19 Å². The number of aliphatic hydroxyl groups excluding tert-OH is 1. The summed E-state index contributed by atoms with van der Waals surface area (Å²) in [6.07, 6.45) is 8.05. The summed E-state index contributed by atoms with van der Waals surface area (Å²) in [5, 5.41) is 23.1. The molecule has 4 rings (SSSR count). The van der Waals surface area contributed by atoms with E-state index in [1.54, 1.807) is 12.1 Å². The van der Waals surface area contributed by atoms with Crippen LogP contribution in [0.3, 0.4) is 0 Å². The van der Waals surface area contributed by atoms with Crippen molar-refractivity contribution in [2.75, 3.05) is 11.4 Å². The highest BCUT2D eigenvalue weighted by molar-refractivity contribution is 6.06. The van der Waals surface area contributed by atoms with E-state index >= 15 is 0 Å². The quantitative estimate of drug-likeness (QED) is 0.542. The van der Waals surface area contributed by atoms with Gasteiger partial charge < -0.3 is 10.4 Å². The number of rotatable bonds is 6. The summed E-state index contributed by atoms with van der Waals surface area (Å²) in [7, 11) is 0. The number of benzene rings is 1. The van der Waals surface area contributed by atoms with Crippen LogP contribution in [0.2, 0.25) is 0 Å². The largest absolute Gasteiger partial charge is 0.391 e. The van der Waals surface area contributed by atoms with Crippen LogP contribution in [-0.4, -0.2) is 56.5 Å². The Balaban J connectivity index is 1.87. The van der Waals surface area contributed by atoms with Gasteiger partial charge in [-0.3, -0.25) is 24.4 Å². The molecule has 208 valence electrons. The van der Waals surface area contributed by atoms with Crippen LogP contribution in [0, 0.1) is 17.4 Å². The average Bonchev–Trinajstić information content (AvgIpc) is 3.29. The van der Waals surface area contributed by atoms with Crippen molar-refractivity contribution in [3.63, 3.8) is 0 Å². The molecule has 1 aliphatic heterocycles. The van der Waals surface area contributed by atoms with E-state index < -0.39 is 35.4 Å². The standard InChI is InChI=1S/C29H37FN6O3/c1-28(2,3)19-10-12-21(13-11-19)36(26(38)23-14-22(37)17-35(23)18-31)29(4,24-15-32-16-25(30)34-24)27(39)33-20-8-6-5-7-9-20/h10-13,15-16,20,22-23,37H,5-9,14,17H2,1-4H3,(H,33,39)/t22-,23-,29?/m1/s1. The highest BCUT2D eigenvalue weighted by Crippen LogP contribution is 2.37. The number of amides is 2. The summed E-state index contributed by atoms with van der Waals surface area (Å²) >= 11 is 0. The fourth-order valence-electron chi connectivity index (χ4n) is 5.51. The van der Waals surface area contributed by atoms with Crippen molar-refractivity contribution in [1.29, 1.82) is 5.26 Å². The fraction of sp³-hybridized carbons (Fsp3) is 0.552. The molecule has 1 unspecified atom stereocenters. The molecule has 3 atom stereocenters. The average molecular weight is 537 g/mol. The molecule has 39 heavy (non-hydrogen) atoms. The minimum Gasteiger partial charge on any atom is -0.391 e. The number of hydrogen-bond donors (Lipinski definition) is 2. The predicted molar refractivity (Wildman–Crippen MR) is 144 cm³/mol. The molecule has 2 amide bonds. The number of carbonyl (C=O) groups is 2. The van der Waals surface area contributed by atoms with Crippen molar-refractivity contribution >= 4 is 17.5 Å². The number of carbonyl (C=O) groups excluding carboxylic acids is 2. The number of likely N-dealkylation sites (tertiary alicyclic amines) is 1. The lowest BCUT2D eigenvalue weighted by atomic mass is 9.86. The summed E-state index contributed by atoms with van der Waals surface area (Å²) in [6, 6.07) is 6.18. The first kappa shape index (κ1) is 28.4. The molecule has 9 nitrogen and oxygen atoms in total. The number of hydrogen-bond acceptors (Lipinski definition) is 7. The normalized spacial score (nSPS) is 21.6. The van der Waals surface area contributed by atoms with Gasteiger partial charge in [0, 0.05) is 18.2 Å². The Morgan fingerprint density at radius 3 is 2.38 bits per heavy atom. The van der Waals surface area contributed by atoms with Gasteiger partial charge in [0.05, 0.1) is 30.7 Å². The van der Waals surface area contributed by atoms with Crippen molar-refractivity contribution in [1.82, 2.24) is 20.2 Å². The Morgan fingerprint density at radius 2 is 1.79 bits per heavy atom. The van der Waals surface area contributed by atoms with Crippen LogP contribution in [-0.2, 0) is 20.5 Å². The maximum absolute atomic E-state index is 14.4. The fourth-order valence-corrected chi connectivity index (χ4v) is 5.51. The molecule has 1 aliphatic carbocycles. The third kappa shape index (κ3) is 5.88. The van der Waals surface area contributed by atoms with Gasteiger partial charge in [0.1, 0.15) is 6.04 Å². The highest BCUT2D eigenvalue weighted by Gasteiger charge is 2.51. The Labute approximate surface area is 229 Å². The number of halogens is 1. The second-order valence-corrected chi connectivity index (χ2v) is 11.7. The molecule has 1 aromatic heterocycles. The lowest BCUT2D eigenvalue weighted by molar-refractivity contribution is -0.132. The first-order valence-electron chi connectivity index (χ1n) is 13.5. The van der Waals surface area contributed by atoms with E-state index in [0.29, 0.717) is 5.69 Å². The maximum Gasteiger partial charge on any atom is 0.252 e. The van der Waals surface area contributed by atoms with E-state index in [9.17, 15) is 24.3 Å². The Bertz CT molecular complexity index is 1230. The van der Waals surface area contributed by atoms with E-state index in [0.717, 1.165) is 43.9 Å². The molecule has 2 fully saturated rings. The third-order valence-corrected chi connectivity index (χ3v) is 7.84. The minimum absolute atomic E-state index is 0.00840. The molecule has 0 bridgehead atoms. The van der Waals surface area contributed by atoms with Crippen molar-refractivity contribution in [3.05, 3.63) is 53.9 Å². The van der Waals surface area contributed by atoms with Gasteiger partial charge in [0.2, 0.25) is 5.95 Å². The zero-order chi connectivity index (χ0) is 28.4. The molecular weight excluding hydrogens is 499 g/mol. The number of nitriles is 1. The first-order chi connectivity index (χ1) is 18.4. The monoisotopic (exact) mass is 536 g/mol. The third-order valence-electron chi connectivity index (χ3n) is 7.84. The van der Waals surface area contributed by atoms with Gasteiger partial charge >= 0.3 is 0 Å².